The molecule has 0 heterocycles. The molecule has 0 saturated carbocycles. The van der Waals surface area contributed by atoms with Gasteiger partial charge in [-0.05, 0) is 72.1 Å². The average Bonchev–Trinajstić information content (AvgIpc) is 3.16. The van der Waals surface area contributed by atoms with Crippen molar-refractivity contribution in [2.45, 2.75) is 55.4 Å². The van der Waals surface area contributed by atoms with Gasteiger partial charge in [-0.1, -0.05) is 90.1 Å². The fraction of sp³-hybridized carbons (Fsp3) is 0.282. The fourth-order valence-electron chi connectivity index (χ4n) is 4.25. The van der Waals surface area contributed by atoms with Crippen molar-refractivity contribution in [2.24, 2.45) is 20.5 Å². The SMILES string of the molecule is CC.CC.CC.CNc1cc(F)c([N+](=O)[O-])cc1[N+](=O)[O-].CS(C)(=O)=O.Cc1c(N=Nc2ccccc2)ccc2ccc(N=Nc3ccccc3)c(C)c12. The molecule has 13 nitrogen and oxygen atoms in total. The van der Waals surface area contributed by atoms with Crippen molar-refractivity contribution in [1.29, 1.82) is 0 Å². The van der Waals surface area contributed by atoms with E-state index >= 15 is 0 Å². The third kappa shape index (κ3) is 16.2. The minimum atomic E-state index is -2.67. The normalized spacial score (nSPS) is 10.1. The lowest BCUT2D eigenvalue weighted by atomic mass is 9.98. The molecule has 5 rings (SSSR count). The molecule has 0 radical (unpaired) electrons. The summed E-state index contributed by atoms with van der Waals surface area (Å²) in [5.74, 6) is -1.12. The van der Waals surface area contributed by atoms with Gasteiger partial charge in [-0.2, -0.15) is 24.8 Å². The zero-order chi connectivity index (χ0) is 41.4. The van der Waals surface area contributed by atoms with Crippen LogP contribution in [0.2, 0.25) is 0 Å². The first-order chi connectivity index (χ1) is 25.7. The maximum Gasteiger partial charge on any atom is 0.311 e. The number of hydrogen-bond donors (Lipinski definition) is 1. The van der Waals surface area contributed by atoms with Gasteiger partial charge in [0.2, 0.25) is 5.82 Å². The molecule has 0 unspecified atom stereocenters. The average molecular weight is 764 g/mol. The van der Waals surface area contributed by atoms with E-state index in [1.54, 1.807) is 0 Å². The van der Waals surface area contributed by atoms with E-state index in [0.29, 0.717) is 6.07 Å². The standard InChI is InChI=1S/C24H20N4.C7H6FN3O4.C2H6O2S.3C2H6/c1-17-22(27-25-20-9-5-3-6-10-20)15-13-19-14-16-23(18(2)24(17)19)28-26-21-11-7-4-8-12-21;1-9-5-2-4(8)6(10(12)13)3-7(5)11(14)15;1-5(2,3)4;3*1-2/h3-16H,1-2H3;2-3,9H,1H3;1-2H3;3*1-2H3. The van der Waals surface area contributed by atoms with E-state index < -0.39 is 36.9 Å². The highest BCUT2D eigenvalue weighted by atomic mass is 32.2. The van der Waals surface area contributed by atoms with Crippen molar-refractivity contribution in [3.05, 3.63) is 134 Å². The van der Waals surface area contributed by atoms with Gasteiger partial charge >= 0.3 is 5.69 Å². The Balaban J connectivity index is 0.000000910. The molecule has 0 aromatic heterocycles. The Hall–Kier alpha value is -5.96. The van der Waals surface area contributed by atoms with Gasteiger partial charge < -0.3 is 5.32 Å². The maximum atomic E-state index is 13.0. The Bertz CT molecular complexity index is 2000. The molecule has 0 saturated heterocycles. The summed E-state index contributed by atoms with van der Waals surface area (Å²) in [7, 11) is -1.31. The summed E-state index contributed by atoms with van der Waals surface area (Å²) in [5.41, 5.74) is 4.01. The molecule has 5 aromatic rings. The van der Waals surface area contributed by atoms with Crippen LogP contribution in [0.25, 0.3) is 10.8 Å². The minimum Gasteiger partial charge on any atom is -0.382 e. The van der Waals surface area contributed by atoms with Crippen molar-refractivity contribution >= 4 is 60.4 Å². The summed E-state index contributed by atoms with van der Waals surface area (Å²) in [4.78, 5) is 19.0. The summed E-state index contributed by atoms with van der Waals surface area (Å²) < 4.78 is 32.3. The Labute approximate surface area is 317 Å². The predicted molar refractivity (Wildman–Crippen MR) is 219 cm³/mol. The lowest BCUT2D eigenvalue weighted by molar-refractivity contribution is -0.395. The maximum absolute atomic E-state index is 13.0. The van der Waals surface area contributed by atoms with Gasteiger partial charge in [0, 0.05) is 25.6 Å². The molecule has 0 spiro atoms. The van der Waals surface area contributed by atoms with E-state index in [1.807, 2.05) is 114 Å². The molecule has 0 aliphatic heterocycles. The first-order valence-corrected chi connectivity index (χ1v) is 19.4. The Morgan fingerprint density at radius 3 is 1.31 bits per heavy atom. The van der Waals surface area contributed by atoms with Crippen LogP contribution in [0.15, 0.2) is 118 Å². The number of benzene rings is 5. The van der Waals surface area contributed by atoms with Gasteiger partial charge in [0.25, 0.3) is 5.69 Å². The molecule has 0 bridgehead atoms. The number of nitro groups is 2. The highest BCUT2D eigenvalue weighted by Gasteiger charge is 2.24. The van der Waals surface area contributed by atoms with Gasteiger partial charge in [0.15, 0.2) is 0 Å². The van der Waals surface area contributed by atoms with Crippen molar-refractivity contribution in [1.82, 2.24) is 0 Å². The number of azo groups is 2. The van der Waals surface area contributed by atoms with Crippen LogP contribution in [-0.2, 0) is 9.84 Å². The molecule has 0 aliphatic carbocycles. The Kier molecular flexibility index (Phi) is 22.3. The van der Waals surface area contributed by atoms with Crippen LogP contribution in [0.5, 0.6) is 0 Å². The molecule has 1 N–H and O–H groups in total. The number of nitrogens with one attached hydrogen (secondary N) is 1. The van der Waals surface area contributed by atoms with E-state index in [4.69, 9.17) is 0 Å². The van der Waals surface area contributed by atoms with E-state index in [0.717, 1.165) is 63.2 Å². The van der Waals surface area contributed by atoms with Gasteiger partial charge in [-0.3, -0.25) is 20.2 Å². The third-order valence-electron chi connectivity index (χ3n) is 6.44. The molecule has 0 fully saturated rings. The molecule has 290 valence electrons. The van der Waals surface area contributed by atoms with E-state index in [2.05, 4.69) is 51.8 Å². The highest BCUT2D eigenvalue weighted by molar-refractivity contribution is 7.89. The summed E-state index contributed by atoms with van der Waals surface area (Å²) in [5, 5.41) is 43.1. The van der Waals surface area contributed by atoms with Gasteiger partial charge in [-0.25, -0.2) is 8.42 Å². The lowest BCUT2D eigenvalue weighted by Gasteiger charge is -2.10. The smallest absolute Gasteiger partial charge is 0.311 e. The molecule has 0 atom stereocenters. The van der Waals surface area contributed by atoms with Crippen LogP contribution >= 0.6 is 0 Å². The monoisotopic (exact) mass is 763 g/mol. The fourth-order valence-corrected chi connectivity index (χ4v) is 4.25. The molecule has 15 heteroatoms. The van der Waals surface area contributed by atoms with Crippen LogP contribution < -0.4 is 5.32 Å². The van der Waals surface area contributed by atoms with Crippen LogP contribution in [0.1, 0.15) is 52.7 Å². The molecule has 0 aliphatic rings. The molecule has 5 aromatic carbocycles. The first kappa shape index (κ1) is 48.0. The van der Waals surface area contributed by atoms with Crippen molar-refractivity contribution in [3.63, 3.8) is 0 Å². The number of fused-ring (bicyclic) bond motifs is 1. The van der Waals surface area contributed by atoms with Crippen molar-refractivity contribution in [2.75, 3.05) is 24.9 Å². The van der Waals surface area contributed by atoms with Crippen LogP contribution in [-0.4, -0.2) is 37.8 Å². The Morgan fingerprint density at radius 2 is 0.981 bits per heavy atom. The second-order valence-electron chi connectivity index (χ2n) is 10.3. The number of nitro benzene ring substituents is 2. The first-order valence-electron chi connectivity index (χ1n) is 17.1. The van der Waals surface area contributed by atoms with E-state index in [9.17, 15) is 33.0 Å². The molecule has 0 amide bonds. The largest absolute Gasteiger partial charge is 0.382 e. The molecular weight excluding hydrogens is 714 g/mol. The number of hydrogen-bond acceptors (Lipinski definition) is 11. The minimum absolute atomic E-state index is 0.108. The number of nitrogens with zero attached hydrogens (tertiary/aromatic N) is 6. The number of anilines is 1. The van der Waals surface area contributed by atoms with Crippen molar-refractivity contribution < 1.29 is 22.7 Å². The van der Waals surface area contributed by atoms with Crippen LogP contribution in [0, 0.1) is 39.9 Å². The summed E-state index contributed by atoms with van der Waals surface area (Å²) in [6.45, 7) is 16.2. The predicted octanol–water partition coefficient (Wildman–Crippen LogP) is 12.7. The summed E-state index contributed by atoms with van der Waals surface area (Å²) in [6, 6.07) is 29.0. The second-order valence-corrected chi connectivity index (χ2v) is 12.6. The van der Waals surface area contributed by atoms with Gasteiger partial charge in [-0.15, -0.1) is 0 Å². The van der Waals surface area contributed by atoms with Crippen LogP contribution in [0.3, 0.4) is 0 Å². The zero-order valence-corrected chi connectivity index (χ0v) is 33.5. The van der Waals surface area contributed by atoms with E-state index in [1.165, 1.54) is 7.05 Å². The van der Waals surface area contributed by atoms with E-state index in [-0.39, 0.29) is 5.69 Å². The number of sulfone groups is 1. The topological polar surface area (TPSA) is 182 Å². The van der Waals surface area contributed by atoms with Crippen LogP contribution in [0.4, 0.5) is 44.2 Å². The summed E-state index contributed by atoms with van der Waals surface area (Å²) >= 11 is 0. The highest BCUT2D eigenvalue weighted by Crippen LogP contribution is 2.36. The lowest BCUT2D eigenvalue weighted by Crippen LogP contribution is -2.00. The molecule has 54 heavy (non-hydrogen) atoms. The third-order valence-corrected chi connectivity index (χ3v) is 6.44. The second kappa shape index (κ2) is 25.1. The van der Waals surface area contributed by atoms with Gasteiger partial charge in [0.1, 0.15) is 15.5 Å². The molecular formula is C39H50FN7O6S. The Morgan fingerprint density at radius 1 is 0.611 bits per heavy atom. The zero-order valence-electron chi connectivity index (χ0n) is 32.7. The number of rotatable bonds is 7. The number of halogens is 1. The van der Waals surface area contributed by atoms with Crippen molar-refractivity contribution in [3.8, 4) is 0 Å². The number of aryl methyl sites for hydroxylation is 2. The van der Waals surface area contributed by atoms with Gasteiger partial charge in [0.05, 0.1) is 38.7 Å². The quantitative estimate of drug-likeness (QED) is 0.0971. The summed E-state index contributed by atoms with van der Waals surface area (Å²) in [6.07, 6.45) is 2.32.